The zero-order chi connectivity index (χ0) is 14.8. The van der Waals surface area contributed by atoms with Gasteiger partial charge < -0.3 is 5.73 Å². The molecule has 8 heteroatoms. The molecule has 19 heavy (non-hydrogen) atoms. The van der Waals surface area contributed by atoms with E-state index in [1.807, 2.05) is 0 Å². The number of benzene rings is 1. The number of sulfone groups is 1. The van der Waals surface area contributed by atoms with Crippen molar-refractivity contribution < 1.29 is 16.8 Å². The molecular weight excluding hydrogens is 288 g/mol. The molecule has 0 heterocycles. The van der Waals surface area contributed by atoms with Crippen molar-refractivity contribution >= 4 is 25.5 Å². The smallest absolute Gasteiger partial charge is 0.241 e. The first-order valence-corrected chi connectivity index (χ1v) is 9.12. The van der Waals surface area contributed by atoms with Crippen LogP contribution in [0, 0.1) is 13.8 Å². The van der Waals surface area contributed by atoms with Crippen molar-refractivity contribution in [3.63, 3.8) is 0 Å². The van der Waals surface area contributed by atoms with E-state index in [1.165, 1.54) is 0 Å². The van der Waals surface area contributed by atoms with Gasteiger partial charge >= 0.3 is 0 Å². The van der Waals surface area contributed by atoms with Gasteiger partial charge in [-0.2, -0.15) is 0 Å². The minimum atomic E-state index is -3.76. The second kappa shape index (κ2) is 5.48. The highest BCUT2D eigenvalue weighted by molar-refractivity contribution is 7.91. The molecule has 0 amide bonds. The lowest BCUT2D eigenvalue weighted by molar-refractivity contribution is 0.581. The van der Waals surface area contributed by atoms with Crippen molar-refractivity contribution in [2.45, 2.75) is 18.7 Å². The molecule has 0 spiro atoms. The van der Waals surface area contributed by atoms with Crippen LogP contribution in [-0.4, -0.2) is 35.4 Å². The van der Waals surface area contributed by atoms with Crippen molar-refractivity contribution in [1.29, 1.82) is 0 Å². The first-order valence-electron chi connectivity index (χ1n) is 5.57. The third-order valence-corrected chi connectivity index (χ3v) is 5.37. The maximum Gasteiger partial charge on any atom is 0.241 e. The average molecular weight is 306 g/mol. The monoisotopic (exact) mass is 306 g/mol. The van der Waals surface area contributed by atoms with Crippen LogP contribution in [0.1, 0.15) is 11.1 Å². The zero-order valence-corrected chi connectivity index (χ0v) is 12.7. The molecule has 108 valence electrons. The van der Waals surface area contributed by atoms with Crippen LogP contribution in [0.25, 0.3) is 0 Å². The fraction of sp³-hybridized carbons (Fsp3) is 0.455. The Bertz CT molecular complexity index is 679. The lowest BCUT2D eigenvalue weighted by atomic mass is 10.1. The van der Waals surface area contributed by atoms with Crippen LogP contribution in [-0.2, 0) is 19.9 Å². The minimum absolute atomic E-state index is 0.112. The molecule has 0 unspecified atom stereocenters. The number of nitrogens with two attached hydrogens (primary N) is 1. The van der Waals surface area contributed by atoms with Crippen LogP contribution in [0.15, 0.2) is 17.0 Å². The summed E-state index contributed by atoms with van der Waals surface area (Å²) in [6, 6.07) is 3.26. The standard InChI is InChI=1S/C11H18N2O4S2/c1-8-4-5-10(12)9(2)11(8)19(16,17)13-6-7-18(3,14)15/h4-5,13H,6-7,12H2,1-3H3. The van der Waals surface area contributed by atoms with Crippen LogP contribution in [0.4, 0.5) is 5.69 Å². The van der Waals surface area contributed by atoms with E-state index in [4.69, 9.17) is 5.73 Å². The number of nitrogen functional groups attached to an aromatic ring is 1. The molecule has 0 radical (unpaired) electrons. The Hall–Kier alpha value is -1.12. The summed E-state index contributed by atoms with van der Waals surface area (Å²) in [4.78, 5) is 0.112. The SMILES string of the molecule is Cc1ccc(N)c(C)c1S(=O)(=O)NCCS(C)(=O)=O. The van der Waals surface area contributed by atoms with E-state index >= 15 is 0 Å². The second-order valence-corrected chi connectivity index (χ2v) is 8.42. The Kier molecular flexibility index (Phi) is 4.59. The average Bonchev–Trinajstić information content (AvgIpc) is 2.21. The summed E-state index contributed by atoms with van der Waals surface area (Å²) in [5.74, 6) is -0.243. The van der Waals surface area contributed by atoms with Crippen molar-refractivity contribution in [1.82, 2.24) is 4.72 Å². The summed E-state index contributed by atoms with van der Waals surface area (Å²) >= 11 is 0. The third kappa shape index (κ3) is 4.19. The Balaban J connectivity index is 3.05. The predicted molar refractivity (Wildman–Crippen MR) is 75.2 cm³/mol. The Morgan fingerprint density at radius 1 is 1.16 bits per heavy atom. The van der Waals surface area contributed by atoms with Crippen molar-refractivity contribution in [3.05, 3.63) is 23.3 Å². The van der Waals surface area contributed by atoms with Crippen LogP contribution >= 0.6 is 0 Å². The van der Waals surface area contributed by atoms with E-state index in [2.05, 4.69) is 4.72 Å². The summed E-state index contributed by atoms with van der Waals surface area (Å²) in [5, 5.41) is 0. The van der Waals surface area contributed by atoms with Gasteiger partial charge in [0.2, 0.25) is 10.0 Å². The number of anilines is 1. The quantitative estimate of drug-likeness (QED) is 0.756. The summed E-state index contributed by atoms with van der Waals surface area (Å²) in [7, 11) is -6.97. The molecule has 6 nitrogen and oxygen atoms in total. The Morgan fingerprint density at radius 2 is 1.74 bits per heavy atom. The first-order chi connectivity index (χ1) is 8.54. The molecule has 1 aromatic rings. The molecule has 0 saturated carbocycles. The molecular formula is C11H18N2O4S2. The number of rotatable bonds is 5. The molecule has 0 aliphatic carbocycles. The molecule has 1 aromatic carbocycles. The first kappa shape index (κ1) is 15.9. The van der Waals surface area contributed by atoms with Crippen molar-refractivity contribution in [2.24, 2.45) is 0 Å². The maximum atomic E-state index is 12.2. The van der Waals surface area contributed by atoms with E-state index in [0.29, 0.717) is 16.8 Å². The molecule has 0 saturated heterocycles. The number of aryl methyl sites for hydroxylation is 1. The van der Waals surface area contributed by atoms with Gasteiger partial charge in [-0.05, 0) is 31.0 Å². The number of nitrogens with one attached hydrogen (secondary N) is 1. The van der Waals surface area contributed by atoms with Crippen molar-refractivity contribution in [2.75, 3.05) is 24.3 Å². The fourth-order valence-electron chi connectivity index (χ4n) is 1.69. The van der Waals surface area contributed by atoms with Crippen LogP contribution in [0.2, 0.25) is 0 Å². The molecule has 1 rings (SSSR count). The highest BCUT2D eigenvalue weighted by Gasteiger charge is 2.20. The van der Waals surface area contributed by atoms with Crippen molar-refractivity contribution in [3.8, 4) is 0 Å². The van der Waals surface area contributed by atoms with Gasteiger partial charge in [-0.3, -0.25) is 0 Å². The van der Waals surface area contributed by atoms with Crippen LogP contribution in [0.5, 0.6) is 0 Å². The van der Waals surface area contributed by atoms with Gasteiger partial charge in [0, 0.05) is 18.5 Å². The third-order valence-electron chi connectivity index (χ3n) is 2.68. The molecule has 0 aliphatic rings. The van der Waals surface area contributed by atoms with E-state index in [0.717, 1.165) is 6.26 Å². The van der Waals surface area contributed by atoms with E-state index < -0.39 is 19.9 Å². The van der Waals surface area contributed by atoms with Gasteiger partial charge in [-0.15, -0.1) is 0 Å². The summed E-state index contributed by atoms with van der Waals surface area (Å²) in [6.07, 6.45) is 1.05. The Morgan fingerprint density at radius 3 is 2.26 bits per heavy atom. The van der Waals surface area contributed by atoms with Gasteiger partial charge in [-0.1, -0.05) is 6.07 Å². The van der Waals surface area contributed by atoms with Gasteiger partial charge in [0.1, 0.15) is 9.84 Å². The van der Waals surface area contributed by atoms with Gasteiger partial charge in [-0.25, -0.2) is 21.6 Å². The summed E-state index contributed by atoms with van der Waals surface area (Å²) in [5.41, 5.74) is 7.11. The largest absolute Gasteiger partial charge is 0.398 e. The molecule has 0 aliphatic heterocycles. The highest BCUT2D eigenvalue weighted by atomic mass is 32.2. The topological polar surface area (TPSA) is 106 Å². The minimum Gasteiger partial charge on any atom is -0.398 e. The normalized spacial score (nSPS) is 12.6. The number of sulfonamides is 1. The summed E-state index contributed by atoms with van der Waals surface area (Å²) in [6.45, 7) is 3.12. The zero-order valence-electron chi connectivity index (χ0n) is 11.1. The van der Waals surface area contributed by atoms with Gasteiger partial charge in [0.15, 0.2) is 0 Å². The Labute approximate surface area is 114 Å². The second-order valence-electron chi connectivity index (χ2n) is 4.45. The lowest BCUT2D eigenvalue weighted by Gasteiger charge is -2.13. The van der Waals surface area contributed by atoms with E-state index in [9.17, 15) is 16.8 Å². The van der Waals surface area contributed by atoms with Crippen LogP contribution < -0.4 is 10.5 Å². The highest BCUT2D eigenvalue weighted by Crippen LogP contribution is 2.24. The fourth-order valence-corrected chi connectivity index (χ4v) is 3.82. The lowest BCUT2D eigenvalue weighted by Crippen LogP contribution is -2.30. The summed E-state index contributed by atoms with van der Waals surface area (Å²) < 4.78 is 48.6. The molecule has 0 bridgehead atoms. The molecule has 3 N–H and O–H groups in total. The molecule has 0 atom stereocenters. The predicted octanol–water partition coefficient (Wildman–Crippen LogP) is 0.209. The molecule has 0 fully saturated rings. The number of hydrogen-bond acceptors (Lipinski definition) is 5. The molecule has 0 aromatic heterocycles. The van der Waals surface area contributed by atoms with E-state index in [-0.39, 0.29) is 17.2 Å². The van der Waals surface area contributed by atoms with Crippen LogP contribution in [0.3, 0.4) is 0 Å². The maximum absolute atomic E-state index is 12.2. The number of hydrogen-bond donors (Lipinski definition) is 2. The van der Waals surface area contributed by atoms with Gasteiger partial charge in [0.25, 0.3) is 0 Å². The van der Waals surface area contributed by atoms with Gasteiger partial charge in [0.05, 0.1) is 10.6 Å². The van der Waals surface area contributed by atoms with E-state index in [1.54, 1.807) is 26.0 Å².